The highest BCUT2D eigenvalue weighted by Gasteiger charge is 2.23. The molecule has 90 valence electrons. The molecule has 0 aromatic carbocycles. The van der Waals surface area contributed by atoms with Crippen molar-refractivity contribution < 1.29 is 0 Å². The van der Waals surface area contributed by atoms with Gasteiger partial charge < -0.3 is 10.6 Å². The van der Waals surface area contributed by atoms with Gasteiger partial charge in [-0.2, -0.15) is 0 Å². The van der Waals surface area contributed by atoms with Gasteiger partial charge in [-0.3, -0.25) is 0 Å². The van der Waals surface area contributed by atoms with E-state index >= 15 is 0 Å². The van der Waals surface area contributed by atoms with E-state index in [4.69, 9.17) is 0 Å². The molecule has 4 heteroatoms. The Bertz CT molecular complexity index is 337. The fourth-order valence-corrected chi connectivity index (χ4v) is 2.95. The molecule has 3 unspecified atom stereocenters. The van der Waals surface area contributed by atoms with E-state index in [-0.39, 0.29) is 0 Å². The highest BCUT2D eigenvalue weighted by Crippen LogP contribution is 2.19. The third-order valence-corrected chi connectivity index (χ3v) is 4.52. The zero-order chi connectivity index (χ0) is 11.5. The van der Waals surface area contributed by atoms with E-state index in [2.05, 4.69) is 41.8 Å². The van der Waals surface area contributed by atoms with Crippen molar-refractivity contribution in [2.24, 2.45) is 11.8 Å². The molecule has 16 heavy (non-hydrogen) atoms. The standard InChI is InChI=1S/C12H21N3S/c1-8-4-13-5-11(8)6-14-10(3)12-15-9(2)7-16-12/h7-8,10-11,13-14H,4-6H2,1-3H3. The van der Waals surface area contributed by atoms with Crippen LogP contribution in [0.15, 0.2) is 5.38 Å². The second-order valence-electron chi connectivity index (χ2n) is 4.85. The van der Waals surface area contributed by atoms with Crippen LogP contribution < -0.4 is 10.6 Å². The van der Waals surface area contributed by atoms with E-state index in [1.54, 1.807) is 11.3 Å². The van der Waals surface area contributed by atoms with Crippen molar-refractivity contribution in [3.05, 3.63) is 16.1 Å². The lowest BCUT2D eigenvalue weighted by Gasteiger charge is -2.18. The van der Waals surface area contributed by atoms with Gasteiger partial charge in [-0.15, -0.1) is 11.3 Å². The summed E-state index contributed by atoms with van der Waals surface area (Å²) < 4.78 is 0. The molecule has 1 aromatic heterocycles. The van der Waals surface area contributed by atoms with Gasteiger partial charge in [-0.25, -0.2) is 4.98 Å². The summed E-state index contributed by atoms with van der Waals surface area (Å²) in [5.74, 6) is 1.56. The molecule has 0 amide bonds. The number of nitrogens with zero attached hydrogens (tertiary/aromatic N) is 1. The Labute approximate surface area is 102 Å². The minimum Gasteiger partial charge on any atom is -0.316 e. The summed E-state index contributed by atoms with van der Waals surface area (Å²) in [5, 5.41) is 10.4. The summed E-state index contributed by atoms with van der Waals surface area (Å²) in [6, 6.07) is 0.381. The molecule has 2 N–H and O–H groups in total. The van der Waals surface area contributed by atoms with Crippen molar-refractivity contribution in [2.75, 3.05) is 19.6 Å². The van der Waals surface area contributed by atoms with Gasteiger partial charge >= 0.3 is 0 Å². The van der Waals surface area contributed by atoms with E-state index in [1.165, 1.54) is 5.01 Å². The molecule has 1 aliphatic rings. The Kier molecular flexibility index (Phi) is 3.95. The van der Waals surface area contributed by atoms with E-state index in [0.717, 1.165) is 37.2 Å². The Hall–Kier alpha value is -0.450. The van der Waals surface area contributed by atoms with Gasteiger partial charge in [0.2, 0.25) is 0 Å². The average Bonchev–Trinajstić information content (AvgIpc) is 2.84. The van der Waals surface area contributed by atoms with Crippen LogP contribution in [0.25, 0.3) is 0 Å². The lowest BCUT2D eigenvalue weighted by Crippen LogP contribution is -2.29. The summed E-state index contributed by atoms with van der Waals surface area (Å²) in [4.78, 5) is 4.52. The van der Waals surface area contributed by atoms with Crippen LogP contribution >= 0.6 is 11.3 Å². The fourth-order valence-electron chi connectivity index (χ4n) is 2.12. The van der Waals surface area contributed by atoms with Crippen LogP contribution in [0.4, 0.5) is 0 Å². The SMILES string of the molecule is Cc1csc(C(C)NCC2CNCC2C)n1. The van der Waals surface area contributed by atoms with Gasteiger partial charge in [0.25, 0.3) is 0 Å². The maximum Gasteiger partial charge on any atom is 0.110 e. The second kappa shape index (κ2) is 5.25. The number of aromatic nitrogens is 1. The second-order valence-corrected chi connectivity index (χ2v) is 5.74. The summed E-state index contributed by atoms with van der Waals surface area (Å²) in [7, 11) is 0. The van der Waals surface area contributed by atoms with Crippen LogP contribution in [-0.2, 0) is 0 Å². The van der Waals surface area contributed by atoms with Crippen molar-refractivity contribution in [2.45, 2.75) is 26.8 Å². The van der Waals surface area contributed by atoms with Crippen LogP contribution in [0.2, 0.25) is 0 Å². The molecule has 0 aliphatic carbocycles. The fraction of sp³-hybridized carbons (Fsp3) is 0.750. The number of hydrogen-bond donors (Lipinski definition) is 2. The third kappa shape index (κ3) is 2.81. The van der Waals surface area contributed by atoms with Crippen LogP contribution in [0.5, 0.6) is 0 Å². The van der Waals surface area contributed by atoms with Crippen LogP contribution in [0, 0.1) is 18.8 Å². The highest BCUT2D eigenvalue weighted by atomic mass is 32.1. The van der Waals surface area contributed by atoms with Crippen LogP contribution in [0.1, 0.15) is 30.6 Å². The minimum atomic E-state index is 0.381. The summed E-state index contributed by atoms with van der Waals surface area (Å²) >= 11 is 1.75. The molecule has 1 aromatic rings. The zero-order valence-corrected chi connectivity index (χ0v) is 11.1. The molecule has 2 rings (SSSR count). The number of hydrogen-bond acceptors (Lipinski definition) is 4. The lowest BCUT2D eigenvalue weighted by atomic mass is 9.98. The summed E-state index contributed by atoms with van der Waals surface area (Å²) in [5.41, 5.74) is 1.13. The van der Waals surface area contributed by atoms with Crippen molar-refractivity contribution >= 4 is 11.3 Å². The predicted octanol–water partition coefficient (Wildman–Crippen LogP) is 1.96. The van der Waals surface area contributed by atoms with E-state index < -0.39 is 0 Å². The Morgan fingerprint density at radius 1 is 1.62 bits per heavy atom. The van der Waals surface area contributed by atoms with E-state index in [1.807, 2.05) is 0 Å². The number of nitrogens with one attached hydrogen (secondary N) is 2. The minimum absolute atomic E-state index is 0.381. The molecular formula is C12H21N3S. The average molecular weight is 239 g/mol. The first-order valence-corrected chi connectivity index (χ1v) is 6.91. The van der Waals surface area contributed by atoms with Gasteiger partial charge in [0.1, 0.15) is 5.01 Å². The maximum atomic E-state index is 4.52. The molecule has 1 fully saturated rings. The normalized spacial score (nSPS) is 27.2. The molecule has 3 atom stereocenters. The summed E-state index contributed by atoms with van der Waals surface area (Å²) in [6.45, 7) is 9.98. The van der Waals surface area contributed by atoms with Crippen LogP contribution in [-0.4, -0.2) is 24.6 Å². The van der Waals surface area contributed by atoms with Crippen molar-refractivity contribution in [1.82, 2.24) is 15.6 Å². The molecule has 0 radical (unpaired) electrons. The molecule has 1 saturated heterocycles. The van der Waals surface area contributed by atoms with Crippen LogP contribution in [0.3, 0.4) is 0 Å². The van der Waals surface area contributed by atoms with Gasteiger partial charge in [0.15, 0.2) is 0 Å². The Morgan fingerprint density at radius 2 is 2.44 bits per heavy atom. The van der Waals surface area contributed by atoms with Crippen molar-refractivity contribution in [3.63, 3.8) is 0 Å². The smallest absolute Gasteiger partial charge is 0.110 e. The lowest BCUT2D eigenvalue weighted by molar-refractivity contribution is 0.398. The molecule has 1 aliphatic heterocycles. The number of thiazole rings is 1. The topological polar surface area (TPSA) is 37.0 Å². The zero-order valence-electron chi connectivity index (χ0n) is 10.3. The van der Waals surface area contributed by atoms with Gasteiger partial charge in [-0.05, 0) is 38.8 Å². The van der Waals surface area contributed by atoms with Gasteiger partial charge in [0.05, 0.1) is 6.04 Å². The van der Waals surface area contributed by atoms with Gasteiger partial charge in [0, 0.05) is 17.6 Å². The third-order valence-electron chi connectivity index (χ3n) is 3.37. The first-order valence-electron chi connectivity index (χ1n) is 6.03. The molecular weight excluding hydrogens is 218 g/mol. The number of rotatable bonds is 4. The van der Waals surface area contributed by atoms with Crippen molar-refractivity contribution in [1.29, 1.82) is 0 Å². The Balaban J connectivity index is 1.81. The maximum absolute atomic E-state index is 4.52. The molecule has 0 saturated carbocycles. The summed E-state index contributed by atoms with van der Waals surface area (Å²) in [6.07, 6.45) is 0. The first-order chi connectivity index (χ1) is 7.66. The molecule has 0 bridgehead atoms. The Morgan fingerprint density at radius 3 is 3.00 bits per heavy atom. The van der Waals surface area contributed by atoms with E-state index in [9.17, 15) is 0 Å². The number of aryl methyl sites for hydroxylation is 1. The monoisotopic (exact) mass is 239 g/mol. The quantitative estimate of drug-likeness (QED) is 0.843. The molecule has 2 heterocycles. The largest absolute Gasteiger partial charge is 0.316 e. The van der Waals surface area contributed by atoms with Crippen molar-refractivity contribution in [3.8, 4) is 0 Å². The predicted molar refractivity (Wildman–Crippen MR) is 68.8 cm³/mol. The molecule has 3 nitrogen and oxygen atoms in total. The van der Waals surface area contributed by atoms with Gasteiger partial charge in [-0.1, -0.05) is 6.92 Å². The molecule has 0 spiro atoms. The highest BCUT2D eigenvalue weighted by molar-refractivity contribution is 7.09. The van der Waals surface area contributed by atoms with E-state index in [0.29, 0.717) is 6.04 Å². The first kappa shape index (κ1) is 12.0.